The molecule has 86 valence electrons. The van der Waals surface area contributed by atoms with Crippen LogP contribution >= 0.6 is 21.9 Å². The average Bonchev–Trinajstić information content (AvgIpc) is 2.21. The van der Waals surface area contributed by atoms with Crippen molar-refractivity contribution in [2.45, 2.75) is 64.7 Å². The Hall–Kier alpha value is 0.660. The molecule has 0 rings (SSSR count). The van der Waals surface area contributed by atoms with Crippen molar-refractivity contribution in [2.75, 3.05) is 5.75 Å². The molecule has 14 heavy (non-hydrogen) atoms. The second-order valence-electron chi connectivity index (χ2n) is 3.72. The van der Waals surface area contributed by atoms with Crippen molar-refractivity contribution in [2.24, 2.45) is 0 Å². The Kier molecular flexibility index (Phi) is 14.3. The van der Waals surface area contributed by atoms with Crippen molar-refractivity contribution < 1.29 is 4.55 Å². The van der Waals surface area contributed by atoms with Crippen LogP contribution in [0.4, 0.5) is 0 Å². The summed E-state index contributed by atoms with van der Waals surface area (Å²) in [5.41, 5.74) is 0. The monoisotopic (exact) mass is 236 g/mol. The highest BCUT2D eigenvalue weighted by Crippen LogP contribution is 2.18. The maximum Gasteiger partial charge on any atom is 0.0593 e. The summed E-state index contributed by atoms with van der Waals surface area (Å²) in [5.74, 6) is 1.09. The van der Waals surface area contributed by atoms with E-state index < -0.39 is 0 Å². The van der Waals surface area contributed by atoms with Crippen LogP contribution in [0.15, 0.2) is 0 Å². The molecule has 0 aromatic heterocycles. The van der Waals surface area contributed by atoms with Crippen LogP contribution < -0.4 is 0 Å². The smallest absolute Gasteiger partial charge is 0.0593 e. The summed E-state index contributed by atoms with van der Waals surface area (Å²) in [5, 5.41) is 0. The second kappa shape index (κ2) is 13.7. The lowest BCUT2D eigenvalue weighted by molar-refractivity contribution is 0.573. The van der Waals surface area contributed by atoms with E-state index in [9.17, 15) is 0 Å². The highest BCUT2D eigenvalue weighted by atomic mass is 33.1. The lowest BCUT2D eigenvalue weighted by Gasteiger charge is -2.00. The van der Waals surface area contributed by atoms with Gasteiger partial charge in [0.2, 0.25) is 0 Å². The Morgan fingerprint density at radius 1 is 0.786 bits per heavy atom. The van der Waals surface area contributed by atoms with Crippen molar-refractivity contribution in [3.05, 3.63) is 0 Å². The van der Waals surface area contributed by atoms with Crippen LogP contribution in [0.3, 0.4) is 0 Å². The summed E-state index contributed by atoms with van der Waals surface area (Å²) in [6.07, 6.45) is 12.4. The van der Waals surface area contributed by atoms with Gasteiger partial charge in [-0.15, -0.1) is 0 Å². The van der Waals surface area contributed by atoms with Gasteiger partial charge in [-0.25, -0.2) is 0 Å². The molecule has 0 aliphatic rings. The van der Waals surface area contributed by atoms with E-state index in [1.54, 1.807) is 10.8 Å². The molecule has 0 aromatic rings. The molecular formula is C11H24OS2. The Morgan fingerprint density at radius 3 is 1.79 bits per heavy atom. The first-order valence-corrected chi connectivity index (χ1v) is 8.12. The first-order valence-electron chi connectivity index (χ1n) is 5.85. The number of hydrogen-bond acceptors (Lipinski definition) is 3. The van der Waals surface area contributed by atoms with Crippen LogP contribution in [0, 0.1) is 0 Å². The molecule has 1 nitrogen and oxygen atoms in total. The van der Waals surface area contributed by atoms with Gasteiger partial charge in [-0.05, 0) is 6.42 Å². The van der Waals surface area contributed by atoms with Crippen LogP contribution in [-0.2, 0) is 0 Å². The summed E-state index contributed by atoms with van der Waals surface area (Å²) in [7, 11) is 1.56. The Morgan fingerprint density at radius 2 is 1.29 bits per heavy atom. The van der Waals surface area contributed by atoms with E-state index >= 15 is 0 Å². The Bertz CT molecular complexity index is 87.3. The third-order valence-corrected chi connectivity index (χ3v) is 3.76. The molecule has 0 aliphatic carbocycles. The van der Waals surface area contributed by atoms with Gasteiger partial charge in [0.05, 0.1) is 11.1 Å². The van der Waals surface area contributed by atoms with Crippen LogP contribution in [-0.4, -0.2) is 10.3 Å². The molecule has 0 saturated heterocycles. The number of rotatable bonds is 11. The zero-order chi connectivity index (χ0) is 10.5. The minimum absolute atomic E-state index is 0.896. The standard InChI is InChI=1S/C11H24OS2/c1-2-3-4-5-6-7-8-9-10-11-13-14-12/h12H,2-11H2,1H3. The van der Waals surface area contributed by atoms with Crippen LogP contribution in [0.2, 0.25) is 0 Å². The van der Waals surface area contributed by atoms with Crippen molar-refractivity contribution in [1.29, 1.82) is 0 Å². The van der Waals surface area contributed by atoms with E-state index in [0.717, 1.165) is 16.8 Å². The topological polar surface area (TPSA) is 20.2 Å². The van der Waals surface area contributed by atoms with E-state index in [4.69, 9.17) is 4.55 Å². The molecule has 0 bridgehead atoms. The summed E-state index contributed by atoms with van der Waals surface area (Å²) in [6, 6.07) is 0. The molecule has 0 unspecified atom stereocenters. The van der Waals surface area contributed by atoms with E-state index in [2.05, 4.69) is 6.92 Å². The van der Waals surface area contributed by atoms with E-state index in [0.29, 0.717) is 0 Å². The summed E-state index contributed by atoms with van der Waals surface area (Å²) < 4.78 is 8.47. The maximum absolute atomic E-state index is 8.47. The zero-order valence-corrected chi connectivity index (χ0v) is 11.0. The van der Waals surface area contributed by atoms with Gasteiger partial charge in [0.15, 0.2) is 0 Å². The van der Waals surface area contributed by atoms with Gasteiger partial charge in [0, 0.05) is 5.75 Å². The number of hydrogen-bond donors (Lipinski definition) is 1. The molecule has 0 saturated carbocycles. The molecule has 0 aliphatic heterocycles. The molecule has 0 fully saturated rings. The van der Waals surface area contributed by atoms with Gasteiger partial charge in [-0.3, -0.25) is 0 Å². The maximum atomic E-state index is 8.47. The summed E-state index contributed by atoms with van der Waals surface area (Å²) in [4.78, 5) is 0. The predicted molar refractivity (Wildman–Crippen MR) is 69.9 cm³/mol. The molecule has 0 heterocycles. The van der Waals surface area contributed by atoms with Gasteiger partial charge in [0.25, 0.3) is 0 Å². The van der Waals surface area contributed by atoms with Crippen molar-refractivity contribution >= 4 is 21.9 Å². The second-order valence-corrected chi connectivity index (χ2v) is 5.67. The molecule has 0 amide bonds. The third-order valence-electron chi connectivity index (χ3n) is 2.38. The first kappa shape index (κ1) is 14.7. The SMILES string of the molecule is CCCCCCCCCCCSSO. The molecule has 3 heteroatoms. The van der Waals surface area contributed by atoms with Gasteiger partial charge >= 0.3 is 0 Å². The fourth-order valence-electron chi connectivity index (χ4n) is 1.51. The average molecular weight is 236 g/mol. The minimum atomic E-state index is 0.896. The third kappa shape index (κ3) is 12.7. The van der Waals surface area contributed by atoms with Crippen LogP contribution in [0.1, 0.15) is 64.7 Å². The molecular weight excluding hydrogens is 212 g/mol. The quantitative estimate of drug-likeness (QED) is 0.296. The molecule has 0 aromatic carbocycles. The van der Waals surface area contributed by atoms with Crippen LogP contribution in [0.5, 0.6) is 0 Å². The highest BCUT2D eigenvalue weighted by molar-refractivity contribution is 8.74. The van der Waals surface area contributed by atoms with E-state index in [1.165, 1.54) is 57.8 Å². The predicted octanol–water partition coefficient (Wildman–Crippen LogP) is 5.37. The van der Waals surface area contributed by atoms with E-state index in [-0.39, 0.29) is 0 Å². The lowest BCUT2D eigenvalue weighted by Crippen LogP contribution is -1.82. The van der Waals surface area contributed by atoms with Gasteiger partial charge in [-0.2, -0.15) is 0 Å². The lowest BCUT2D eigenvalue weighted by atomic mass is 10.1. The van der Waals surface area contributed by atoms with E-state index in [1.807, 2.05) is 0 Å². The minimum Gasteiger partial charge on any atom is -0.321 e. The van der Waals surface area contributed by atoms with Crippen molar-refractivity contribution in [1.82, 2.24) is 0 Å². The van der Waals surface area contributed by atoms with Gasteiger partial charge in [-0.1, -0.05) is 69.1 Å². The van der Waals surface area contributed by atoms with Gasteiger partial charge < -0.3 is 4.55 Å². The highest BCUT2D eigenvalue weighted by Gasteiger charge is 1.92. The fourth-order valence-corrected chi connectivity index (χ4v) is 2.48. The Labute approximate surface area is 97.0 Å². The van der Waals surface area contributed by atoms with Crippen LogP contribution in [0.25, 0.3) is 0 Å². The summed E-state index contributed by atoms with van der Waals surface area (Å²) in [6.45, 7) is 2.26. The molecule has 0 spiro atoms. The van der Waals surface area contributed by atoms with Crippen molar-refractivity contribution in [3.8, 4) is 0 Å². The summed E-state index contributed by atoms with van der Waals surface area (Å²) >= 11 is 0.896. The van der Waals surface area contributed by atoms with Crippen molar-refractivity contribution in [3.63, 3.8) is 0 Å². The van der Waals surface area contributed by atoms with Gasteiger partial charge in [0.1, 0.15) is 0 Å². The largest absolute Gasteiger partial charge is 0.321 e. The Balaban J connectivity index is 2.78. The normalized spacial score (nSPS) is 10.7. The molecule has 1 N–H and O–H groups in total. The molecule has 0 radical (unpaired) electrons. The zero-order valence-electron chi connectivity index (χ0n) is 9.33. The fraction of sp³-hybridized carbons (Fsp3) is 1.00. The number of unbranched alkanes of at least 4 members (excludes halogenated alkanes) is 8. The first-order chi connectivity index (χ1) is 6.91. The molecule has 0 atom stereocenters.